The van der Waals surface area contributed by atoms with Crippen LogP contribution in [0.3, 0.4) is 0 Å². The number of rotatable bonds is 4. The number of carbonyl (C=O) groups excluding carboxylic acids is 1. The van der Waals surface area contributed by atoms with Gasteiger partial charge in [0.05, 0.1) is 11.4 Å². The Hall–Kier alpha value is -0.710. The first-order chi connectivity index (χ1) is 7.29. The highest BCUT2D eigenvalue weighted by Gasteiger charge is 2.23. The molecule has 0 spiro atoms. The minimum Gasteiger partial charge on any atom is -0.330 e. The number of carbonyl (C=O) groups is 1. The standard InChI is InChI=1S/C11H16N2OS/c12-6-9-3-4-13(7-9)8-10(14)11-2-1-5-15-11/h1-2,5,9H,3-4,6-8,12H2/t9-/m1/s1. The molecular formula is C11H16N2OS. The second-order valence-electron chi connectivity index (χ2n) is 4.03. The molecule has 0 amide bonds. The molecule has 2 heterocycles. The lowest BCUT2D eigenvalue weighted by molar-refractivity contribution is 0.0947. The predicted octanol–water partition coefficient (Wildman–Crippen LogP) is 1.21. The third kappa shape index (κ3) is 2.65. The molecule has 2 rings (SSSR count). The molecule has 1 saturated heterocycles. The van der Waals surface area contributed by atoms with E-state index >= 15 is 0 Å². The Morgan fingerprint density at radius 2 is 2.53 bits per heavy atom. The first-order valence-corrected chi connectivity index (χ1v) is 6.16. The molecule has 0 radical (unpaired) electrons. The molecule has 0 aliphatic carbocycles. The average Bonchev–Trinajstić information content (AvgIpc) is 2.87. The Kier molecular flexibility index (Phi) is 3.51. The molecule has 1 fully saturated rings. The summed E-state index contributed by atoms with van der Waals surface area (Å²) in [6.07, 6.45) is 1.13. The van der Waals surface area contributed by atoms with Crippen molar-refractivity contribution >= 4 is 17.1 Å². The molecule has 0 bridgehead atoms. The van der Waals surface area contributed by atoms with Gasteiger partial charge in [0.2, 0.25) is 0 Å². The second kappa shape index (κ2) is 4.88. The van der Waals surface area contributed by atoms with E-state index in [1.165, 1.54) is 11.3 Å². The normalized spacial score (nSPS) is 22.1. The van der Waals surface area contributed by atoms with Crippen LogP contribution in [0, 0.1) is 5.92 Å². The summed E-state index contributed by atoms with van der Waals surface area (Å²) in [5.41, 5.74) is 5.61. The van der Waals surface area contributed by atoms with Crippen LogP contribution < -0.4 is 5.73 Å². The maximum Gasteiger partial charge on any atom is 0.186 e. The molecule has 3 nitrogen and oxygen atoms in total. The fourth-order valence-corrected chi connectivity index (χ4v) is 2.62. The van der Waals surface area contributed by atoms with Crippen molar-refractivity contribution in [2.75, 3.05) is 26.2 Å². The summed E-state index contributed by atoms with van der Waals surface area (Å²) in [6, 6.07) is 3.81. The van der Waals surface area contributed by atoms with Crippen molar-refractivity contribution in [1.29, 1.82) is 0 Å². The summed E-state index contributed by atoms with van der Waals surface area (Å²) in [7, 11) is 0. The number of nitrogens with zero attached hydrogens (tertiary/aromatic N) is 1. The number of hydrogen-bond acceptors (Lipinski definition) is 4. The monoisotopic (exact) mass is 224 g/mol. The molecule has 2 N–H and O–H groups in total. The maximum absolute atomic E-state index is 11.8. The van der Waals surface area contributed by atoms with Crippen LogP contribution in [0.2, 0.25) is 0 Å². The molecule has 15 heavy (non-hydrogen) atoms. The Bertz CT molecular complexity index is 323. The lowest BCUT2D eigenvalue weighted by Crippen LogP contribution is -2.28. The zero-order valence-electron chi connectivity index (χ0n) is 8.69. The summed E-state index contributed by atoms with van der Waals surface area (Å²) in [4.78, 5) is 14.9. The van der Waals surface area contributed by atoms with Crippen LogP contribution in [0.5, 0.6) is 0 Å². The van der Waals surface area contributed by atoms with Gasteiger partial charge < -0.3 is 5.73 Å². The Morgan fingerprint density at radius 3 is 3.13 bits per heavy atom. The Balaban J connectivity index is 1.86. The summed E-state index contributed by atoms with van der Waals surface area (Å²) in [6.45, 7) is 3.29. The smallest absolute Gasteiger partial charge is 0.186 e. The molecular weight excluding hydrogens is 208 g/mol. The largest absolute Gasteiger partial charge is 0.330 e. The first kappa shape index (κ1) is 10.8. The zero-order chi connectivity index (χ0) is 10.7. The zero-order valence-corrected chi connectivity index (χ0v) is 9.50. The fourth-order valence-electron chi connectivity index (χ4n) is 1.97. The van der Waals surface area contributed by atoms with Crippen LogP contribution in [0.1, 0.15) is 16.1 Å². The van der Waals surface area contributed by atoms with Gasteiger partial charge in [-0.05, 0) is 36.9 Å². The van der Waals surface area contributed by atoms with Crippen molar-refractivity contribution < 1.29 is 4.79 Å². The number of nitrogens with two attached hydrogens (primary N) is 1. The highest BCUT2D eigenvalue weighted by molar-refractivity contribution is 7.12. The number of thiophene rings is 1. The van der Waals surface area contributed by atoms with Crippen LogP contribution in [-0.4, -0.2) is 36.9 Å². The van der Waals surface area contributed by atoms with Crippen molar-refractivity contribution in [2.45, 2.75) is 6.42 Å². The number of Topliss-reactive ketones (excluding diaryl/α,β-unsaturated/α-hetero) is 1. The molecule has 0 unspecified atom stereocenters. The minimum absolute atomic E-state index is 0.239. The molecule has 1 aliphatic rings. The average molecular weight is 224 g/mol. The lowest BCUT2D eigenvalue weighted by Gasteiger charge is -2.13. The van der Waals surface area contributed by atoms with Gasteiger partial charge >= 0.3 is 0 Å². The second-order valence-corrected chi connectivity index (χ2v) is 4.97. The van der Waals surface area contributed by atoms with E-state index in [2.05, 4.69) is 4.90 Å². The molecule has 0 saturated carbocycles. The third-order valence-corrected chi connectivity index (χ3v) is 3.78. The Labute approximate surface area is 93.9 Å². The van der Waals surface area contributed by atoms with Crippen molar-refractivity contribution in [2.24, 2.45) is 11.7 Å². The van der Waals surface area contributed by atoms with Gasteiger partial charge in [0.15, 0.2) is 5.78 Å². The van der Waals surface area contributed by atoms with Crippen LogP contribution in [0.25, 0.3) is 0 Å². The van der Waals surface area contributed by atoms with Gasteiger partial charge in [-0.2, -0.15) is 0 Å². The van der Waals surface area contributed by atoms with E-state index in [4.69, 9.17) is 5.73 Å². The van der Waals surface area contributed by atoms with E-state index in [-0.39, 0.29) is 5.78 Å². The SMILES string of the molecule is NC[C@H]1CCN(CC(=O)c2cccs2)C1. The van der Waals surface area contributed by atoms with Crippen LogP contribution >= 0.6 is 11.3 Å². The van der Waals surface area contributed by atoms with E-state index < -0.39 is 0 Å². The van der Waals surface area contributed by atoms with E-state index in [1.807, 2.05) is 17.5 Å². The van der Waals surface area contributed by atoms with Crippen LogP contribution in [-0.2, 0) is 0 Å². The van der Waals surface area contributed by atoms with E-state index in [0.29, 0.717) is 12.5 Å². The highest BCUT2D eigenvalue weighted by atomic mass is 32.1. The molecule has 1 aliphatic heterocycles. The molecule has 0 aromatic carbocycles. The number of ketones is 1. The molecule has 1 atom stereocenters. The van der Waals surface area contributed by atoms with Crippen molar-refractivity contribution in [3.63, 3.8) is 0 Å². The molecule has 82 valence electrons. The summed E-state index contributed by atoms with van der Waals surface area (Å²) < 4.78 is 0. The van der Waals surface area contributed by atoms with Crippen molar-refractivity contribution in [1.82, 2.24) is 4.90 Å². The summed E-state index contributed by atoms with van der Waals surface area (Å²) >= 11 is 1.52. The molecule has 1 aromatic heterocycles. The quantitative estimate of drug-likeness (QED) is 0.782. The van der Waals surface area contributed by atoms with Crippen LogP contribution in [0.4, 0.5) is 0 Å². The maximum atomic E-state index is 11.8. The third-order valence-electron chi connectivity index (χ3n) is 2.87. The molecule has 4 heteroatoms. The Morgan fingerprint density at radius 1 is 1.67 bits per heavy atom. The predicted molar refractivity (Wildman–Crippen MR) is 62.3 cm³/mol. The van der Waals surface area contributed by atoms with E-state index in [0.717, 1.165) is 30.9 Å². The number of likely N-dealkylation sites (tertiary alicyclic amines) is 1. The van der Waals surface area contributed by atoms with Gasteiger partial charge in [0, 0.05) is 6.54 Å². The van der Waals surface area contributed by atoms with Crippen LogP contribution in [0.15, 0.2) is 17.5 Å². The minimum atomic E-state index is 0.239. The van der Waals surface area contributed by atoms with Gasteiger partial charge in [0.25, 0.3) is 0 Å². The number of hydrogen-bond donors (Lipinski definition) is 1. The van der Waals surface area contributed by atoms with E-state index in [9.17, 15) is 4.79 Å². The van der Waals surface area contributed by atoms with Gasteiger partial charge in [-0.25, -0.2) is 0 Å². The fraction of sp³-hybridized carbons (Fsp3) is 0.545. The highest BCUT2D eigenvalue weighted by Crippen LogP contribution is 2.16. The summed E-state index contributed by atoms with van der Waals surface area (Å²) in [5.74, 6) is 0.823. The van der Waals surface area contributed by atoms with Crippen molar-refractivity contribution in [3.8, 4) is 0 Å². The van der Waals surface area contributed by atoms with Gasteiger partial charge in [-0.3, -0.25) is 9.69 Å². The lowest BCUT2D eigenvalue weighted by atomic mass is 10.1. The van der Waals surface area contributed by atoms with Crippen molar-refractivity contribution in [3.05, 3.63) is 22.4 Å². The van der Waals surface area contributed by atoms with Gasteiger partial charge in [0.1, 0.15) is 0 Å². The summed E-state index contributed by atoms with van der Waals surface area (Å²) in [5, 5.41) is 1.94. The molecule has 1 aromatic rings. The first-order valence-electron chi connectivity index (χ1n) is 5.28. The van der Waals surface area contributed by atoms with Gasteiger partial charge in [-0.15, -0.1) is 11.3 Å². The van der Waals surface area contributed by atoms with E-state index in [1.54, 1.807) is 0 Å². The van der Waals surface area contributed by atoms with Gasteiger partial charge in [-0.1, -0.05) is 6.07 Å². The topological polar surface area (TPSA) is 46.3 Å².